The Morgan fingerprint density at radius 3 is 1.81 bits per heavy atom. The molecule has 8 fully saturated rings. The summed E-state index contributed by atoms with van der Waals surface area (Å²) in [6, 6.07) is 9.03. The molecule has 0 unspecified atom stereocenters. The molecule has 9 rings (SSSR count). The molecule has 2 spiro atoms. The molecular formula is C35H50N6O6. The van der Waals surface area contributed by atoms with E-state index in [1.165, 1.54) is 48.5 Å². The molecule has 8 aliphatic rings. The Balaban J connectivity index is 0.000000155. The van der Waals surface area contributed by atoms with Gasteiger partial charge in [0.05, 0.1) is 12.1 Å². The quantitative estimate of drug-likeness (QED) is 0.379. The monoisotopic (exact) mass is 650 g/mol. The van der Waals surface area contributed by atoms with E-state index in [1.54, 1.807) is 4.90 Å². The highest BCUT2D eigenvalue weighted by Crippen LogP contribution is 2.56. The smallest absolute Gasteiger partial charge is 0.345 e. The van der Waals surface area contributed by atoms with Crippen LogP contribution in [-0.2, 0) is 21.0 Å². The van der Waals surface area contributed by atoms with Crippen LogP contribution in [0.1, 0.15) is 96.9 Å². The summed E-state index contributed by atoms with van der Waals surface area (Å²) < 4.78 is 0. The van der Waals surface area contributed by atoms with Gasteiger partial charge in [0.25, 0.3) is 0 Å². The molecule has 1 aromatic carbocycles. The molecule has 12 heteroatoms. The van der Waals surface area contributed by atoms with E-state index in [-0.39, 0.29) is 37.4 Å². The molecule has 3 N–H and O–H groups in total. The van der Waals surface area contributed by atoms with E-state index in [0.717, 1.165) is 42.7 Å². The van der Waals surface area contributed by atoms with Gasteiger partial charge in [0.15, 0.2) is 0 Å². The van der Waals surface area contributed by atoms with Crippen molar-refractivity contribution < 1.29 is 30.6 Å². The van der Waals surface area contributed by atoms with Gasteiger partial charge in [-0.25, -0.2) is 14.7 Å². The summed E-state index contributed by atoms with van der Waals surface area (Å²) in [7, 11) is 0. The Kier molecular flexibility index (Phi) is 7.86. The number of rotatable bonds is 7. The Morgan fingerprint density at radius 1 is 0.766 bits per heavy atom. The van der Waals surface area contributed by atoms with E-state index >= 15 is 0 Å². The van der Waals surface area contributed by atoms with Crippen molar-refractivity contribution >= 4 is 23.9 Å². The van der Waals surface area contributed by atoms with Gasteiger partial charge >= 0.3 is 12.1 Å². The largest absolute Gasteiger partial charge is 0.352 e. The van der Waals surface area contributed by atoms with E-state index in [2.05, 4.69) is 10.6 Å². The van der Waals surface area contributed by atoms with E-state index in [0.29, 0.717) is 61.9 Å². The second-order valence-electron chi connectivity index (χ2n) is 15.7. The maximum absolute atomic E-state index is 12.8. The SMILES string of the molecule is O=C(NC1CC2(CCC2)C1)[C@@H]1CC[C@@H]2CN1C(=O)N2O.O=C(NC1CC2(CCC2)C1)[C@@H]1CC[C@@H]2CN1C(=O)N2OCc1ccccc1.[HH]. The maximum atomic E-state index is 12.8. The summed E-state index contributed by atoms with van der Waals surface area (Å²) in [6.45, 7) is 1.43. The van der Waals surface area contributed by atoms with Crippen LogP contribution < -0.4 is 10.6 Å². The van der Waals surface area contributed by atoms with Crippen molar-refractivity contribution in [2.45, 2.75) is 133 Å². The number of carbonyl (C=O) groups is 4. The second kappa shape index (κ2) is 11.9. The van der Waals surface area contributed by atoms with E-state index in [9.17, 15) is 24.4 Å². The maximum Gasteiger partial charge on any atom is 0.345 e. The van der Waals surface area contributed by atoms with Crippen LogP contribution in [0.15, 0.2) is 30.3 Å². The number of hydrogen-bond donors (Lipinski definition) is 3. The van der Waals surface area contributed by atoms with Crippen molar-refractivity contribution in [3.63, 3.8) is 0 Å². The average Bonchev–Trinajstić information content (AvgIpc) is 3.37. The van der Waals surface area contributed by atoms with Gasteiger partial charge in [-0.2, -0.15) is 5.06 Å². The highest BCUT2D eigenvalue weighted by molar-refractivity contribution is 5.89. The molecule has 4 aliphatic carbocycles. The van der Waals surface area contributed by atoms with Crippen LogP contribution in [0.5, 0.6) is 0 Å². The minimum atomic E-state index is -0.420. The third-order valence-corrected chi connectivity index (χ3v) is 12.7. The molecule has 0 aromatic heterocycles. The van der Waals surface area contributed by atoms with Gasteiger partial charge < -0.3 is 20.4 Å². The predicted octanol–water partition coefficient (Wildman–Crippen LogP) is 4.17. The fourth-order valence-corrected chi connectivity index (χ4v) is 9.65. The molecule has 4 aliphatic heterocycles. The van der Waals surface area contributed by atoms with Crippen LogP contribution >= 0.6 is 0 Å². The average molecular weight is 651 g/mol. The van der Waals surface area contributed by atoms with Crippen LogP contribution in [0.2, 0.25) is 0 Å². The third kappa shape index (κ3) is 5.64. The van der Waals surface area contributed by atoms with E-state index < -0.39 is 12.1 Å². The Morgan fingerprint density at radius 2 is 1.28 bits per heavy atom. The third-order valence-electron chi connectivity index (χ3n) is 12.7. The van der Waals surface area contributed by atoms with Crippen molar-refractivity contribution in [1.82, 2.24) is 30.6 Å². The van der Waals surface area contributed by atoms with Gasteiger partial charge in [0.2, 0.25) is 11.8 Å². The molecule has 4 bridgehead atoms. The van der Waals surface area contributed by atoms with Crippen LogP contribution in [0.3, 0.4) is 0 Å². The summed E-state index contributed by atoms with van der Waals surface area (Å²) in [6.07, 6.45) is 15.3. The van der Waals surface area contributed by atoms with Crippen LogP contribution in [0.25, 0.3) is 0 Å². The molecule has 6 amide bonds. The number of hydroxylamine groups is 4. The van der Waals surface area contributed by atoms with Gasteiger partial charge in [-0.15, -0.1) is 0 Å². The van der Waals surface area contributed by atoms with E-state index in [1.807, 2.05) is 30.3 Å². The summed E-state index contributed by atoms with van der Waals surface area (Å²) in [5, 5.41) is 18.2. The zero-order chi connectivity index (χ0) is 32.3. The lowest BCUT2D eigenvalue weighted by molar-refractivity contribution is -0.140. The second-order valence-corrected chi connectivity index (χ2v) is 15.7. The molecule has 4 atom stereocenters. The molecule has 256 valence electrons. The Hall–Kier alpha value is -3.38. The molecule has 4 saturated heterocycles. The topological polar surface area (TPSA) is 135 Å². The van der Waals surface area contributed by atoms with Gasteiger partial charge in [-0.05, 0) is 93.4 Å². The lowest BCUT2D eigenvalue weighted by Gasteiger charge is -2.54. The minimum absolute atomic E-state index is 0. The van der Waals surface area contributed by atoms with Gasteiger partial charge in [0.1, 0.15) is 18.7 Å². The first-order valence-electron chi connectivity index (χ1n) is 17.9. The summed E-state index contributed by atoms with van der Waals surface area (Å²) in [5.41, 5.74) is 2.12. The fourth-order valence-electron chi connectivity index (χ4n) is 9.65. The number of fused-ring (bicyclic) bond motifs is 4. The molecule has 4 heterocycles. The lowest BCUT2D eigenvalue weighted by Crippen LogP contribution is -2.58. The number of hydrogen-bond acceptors (Lipinski definition) is 6. The van der Waals surface area contributed by atoms with Crippen molar-refractivity contribution in [2.24, 2.45) is 10.8 Å². The molecule has 47 heavy (non-hydrogen) atoms. The highest BCUT2D eigenvalue weighted by atomic mass is 16.7. The molecule has 4 saturated carbocycles. The van der Waals surface area contributed by atoms with Crippen molar-refractivity contribution in [3.05, 3.63) is 35.9 Å². The van der Waals surface area contributed by atoms with Crippen molar-refractivity contribution in [2.75, 3.05) is 13.1 Å². The first kappa shape index (κ1) is 30.9. The fraction of sp³-hybridized carbons (Fsp3) is 0.714. The number of urea groups is 2. The number of amides is 6. The zero-order valence-electron chi connectivity index (χ0n) is 27.1. The van der Waals surface area contributed by atoms with E-state index in [4.69, 9.17) is 4.84 Å². The van der Waals surface area contributed by atoms with Crippen LogP contribution in [0, 0.1) is 10.8 Å². The molecular weight excluding hydrogens is 600 g/mol. The minimum Gasteiger partial charge on any atom is -0.352 e. The lowest BCUT2D eigenvalue weighted by atomic mass is 9.54. The molecule has 12 nitrogen and oxygen atoms in total. The summed E-state index contributed by atoms with van der Waals surface area (Å²) in [5.74, 6) is -0.0165. The van der Waals surface area contributed by atoms with Crippen molar-refractivity contribution in [3.8, 4) is 0 Å². The molecule has 0 radical (unpaired) electrons. The van der Waals surface area contributed by atoms with Gasteiger partial charge in [-0.3, -0.25) is 19.6 Å². The number of nitrogens with zero attached hydrogens (tertiary/aromatic N) is 4. The van der Waals surface area contributed by atoms with Gasteiger partial charge in [0, 0.05) is 26.6 Å². The highest BCUT2D eigenvalue weighted by Gasteiger charge is 2.53. The summed E-state index contributed by atoms with van der Waals surface area (Å²) in [4.78, 5) is 58.8. The zero-order valence-corrected chi connectivity index (χ0v) is 27.1. The van der Waals surface area contributed by atoms with Gasteiger partial charge in [-0.1, -0.05) is 43.2 Å². The number of carbonyl (C=O) groups excluding carboxylic acids is 4. The van der Waals surface area contributed by atoms with Crippen molar-refractivity contribution in [1.29, 1.82) is 0 Å². The normalized spacial score (nSPS) is 32.6. The first-order chi connectivity index (χ1) is 22.7. The Bertz CT molecular complexity index is 1390. The Labute approximate surface area is 277 Å². The number of benzene rings is 1. The summed E-state index contributed by atoms with van der Waals surface area (Å²) >= 11 is 0. The first-order valence-corrected chi connectivity index (χ1v) is 17.9. The van der Waals surface area contributed by atoms with Crippen LogP contribution in [-0.4, -0.2) is 98.4 Å². The predicted molar refractivity (Wildman–Crippen MR) is 172 cm³/mol. The number of piperidine rings is 2. The molecule has 1 aromatic rings. The number of nitrogens with one attached hydrogen (secondary N) is 2. The van der Waals surface area contributed by atoms with Crippen LogP contribution in [0.4, 0.5) is 9.59 Å². The standard InChI is InChI=1S/C21H27N3O3.C14H21N3O3.H2/c25-19(22-16-11-21(12-16)9-4-10-21)18-8-7-17-13-23(18)20(26)24(17)27-14-15-5-2-1-3-6-15;18-12(15-9-6-14(7-9)4-1-5-14)11-3-2-10-8-16(11)13(19)17(10)20;/h1-3,5-6,16-18H,4,7-14H2,(H,22,25);9-11,20H,1-8H2,(H,15,18);1H/t17-,18+;10-,11+;/m11./s1.